The largest absolute Gasteiger partial charge is 0.435 e. The number of anilines is 1. The molecule has 0 heterocycles. The number of halogens is 12. The summed E-state index contributed by atoms with van der Waals surface area (Å²) in [5, 5.41) is 0. The van der Waals surface area contributed by atoms with E-state index >= 15 is 4.39 Å². The molecular weight excluding hydrogens is 683 g/mol. The predicted octanol–water partition coefficient (Wildman–Crippen LogP) is 9.38. The highest BCUT2D eigenvalue weighted by atomic mass is 79.9. The molecule has 15 heteroatoms. The van der Waals surface area contributed by atoms with Crippen molar-refractivity contribution in [3.8, 4) is 0 Å². The van der Waals surface area contributed by atoms with Crippen molar-refractivity contribution in [1.82, 2.24) is 0 Å². The first kappa shape index (κ1) is 33.4. The molecule has 44 heavy (non-hydrogen) atoms. The first-order chi connectivity index (χ1) is 20.3. The number of ketones is 1. The average molecular weight is 702 g/mol. The van der Waals surface area contributed by atoms with E-state index in [9.17, 15) is 53.5 Å². The topological polar surface area (TPSA) is 37.4 Å². The Morgan fingerprint density at radius 2 is 1.41 bits per heavy atom. The molecule has 1 amide bonds. The van der Waals surface area contributed by atoms with Crippen LogP contribution in [-0.2, 0) is 18.3 Å². The fourth-order valence-electron chi connectivity index (χ4n) is 4.51. The molecule has 1 aliphatic rings. The highest BCUT2D eigenvalue weighted by Crippen LogP contribution is 2.54. The lowest BCUT2D eigenvalue weighted by Crippen LogP contribution is -2.50. The number of hydrogen-bond donors (Lipinski definition) is 0. The van der Waals surface area contributed by atoms with E-state index in [0.29, 0.717) is 4.47 Å². The Kier molecular flexibility index (Phi) is 8.95. The van der Waals surface area contributed by atoms with Gasteiger partial charge in [-0.2, -0.15) is 39.5 Å². The molecule has 0 aliphatic heterocycles. The summed E-state index contributed by atoms with van der Waals surface area (Å²) in [5.74, 6) is -3.21. The second-order valence-corrected chi connectivity index (χ2v) is 11.0. The molecule has 1 aliphatic carbocycles. The van der Waals surface area contributed by atoms with Crippen molar-refractivity contribution in [3.63, 3.8) is 0 Å². The molecule has 1 saturated carbocycles. The summed E-state index contributed by atoms with van der Waals surface area (Å²) >= 11 is 3.23. The van der Waals surface area contributed by atoms with Crippen LogP contribution in [0, 0.1) is 11.7 Å². The molecule has 236 valence electrons. The van der Waals surface area contributed by atoms with Crippen LogP contribution >= 0.6 is 15.9 Å². The SMILES string of the molecule is O=C(Cc1ccc(C(F)(C(F)(F)F)C(F)(F)F)cc1C(F)(F)F)c1cccc(N(CC2CC2)C(=O)c2ccc(Br)cc2)c1F. The lowest BCUT2D eigenvalue weighted by molar-refractivity contribution is -0.348. The van der Waals surface area contributed by atoms with Crippen molar-refractivity contribution in [3.05, 3.63) is 98.8 Å². The maximum Gasteiger partial charge on any atom is 0.435 e. The van der Waals surface area contributed by atoms with Crippen LogP contribution in [0.4, 0.5) is 54.0 Å². The molecule has 0 radical (unpaired) electrons. The van der Waals surface area contributed by atoms with E-state index in [2.05, 4.69) is 15.9 Å². The molecule has 0 atom stereocenters. The van der Waals surface area contributed by atoms with Crippen LogP contribution in [0.2, 0.25) is 0 Å². The fraction of sp³-hybridized carbons (Fsp3) is 0.310. The molecule has 0 saturated heterocycles. The Balaban J connectivity index is 1.72. The predicted molar refractivity (Wildman–Crippen MR) is 139 cm³/mol. The summed E-state index contributed by atoms with van der Waals surface area (Å²) in [6, 6.07) is 8.61. The molecule has 1 fully saturated rings. The van der Waals surface area contributed by atoms with Crippen LogP contribution in [0.1, 0.15) is 50.2 Å². The lowest BCUT2D eigenvalue weighted by atomic mass is 9.89. The van der Waals surface area contributed by atoms with Crippen LogP contribution in [0.25, 0.3) is 0 Å². The number of carbonyl (C=O) groups is 2. The van der Waals surface area contributed by atoms with E-state index in [-0.39, 0.29) is 35.8 Å². The minimum atomic E-state index is -6.67. The first-order valence-electron chi connectivity index (χ1n) is 12.7. The summed E-state index contributed by atoms with van der Waals surface area (Å²) in [6.45, 7) is 0.0620. The van der Waals surface area contributed by atoms with Crippen molar-refractivity contribution in [2.24, 2.45) is 5.92 Å². The molecule has 0 unspecified atom stereocenters. The minimum absolute atomic E-state index is 0.0250. The van der Waals surface area contributed by atoms with Gasteiger partial charge in [0.15, 0.2) is 11.6 Å². The minimum Gasteiger partial charge on any atom is -0.305 e. The third-order valence-electron chi connectivity index (χ3n) is 6.99. The standard InChI is InChI=1S/C29H19BrF11NO2/c30-19-10-7-16(8-11-19)25(44)42(14-15-4-5-15)22-3-1-2-20(24(22)31)23(43)12-17-6-9-18(13-21(17)27(33,34)35)26(32,28(36,37)38)29(39,40)41/h1-3,6-11,13,15H,4-5,12,14H2. The normalized spacial score (nSPS) is 14.5. The second-order valence-electron chi connectivity index (χ2n) is 10.1. The van der Waals surface area contributed by atoms with Crippen molar-refractivity contribution in [2.75, 3.05) is 11.4 Å². The highest BCUT2D eigenvalue weighted by Gasteiger charge is 2.73. The van der Waals surface area contributed by atoms with Gasteiger partial charge in [0.2, 0.25) is 0 Å². The molecule has 3 aromatic rings. The van der Waals surface area contributed by atoms with Gasteiger partial charge in [0.05, 0.1) is 16.8 Å². The number of benzene rings is 3. The van der Waals surface area contributed by atoms with Crippen molar-refractivity contribution >= 4 is 33.3 Å². The van der Waals surface area contributed by atoms with Gasteiger partial charge >= 0.3 is 24.2 Å². The maximum absolute atomic E-state index is 15.8. The van der Waals surface area contributed by atoms with Crippen molar-refractivity contribution in [2.45, 2.75) is 43.5 Å². The molecule has 3 aromatic carbocycles. The van der Waals surface area contributed by atoms with Gasteiger partial charge in [-0.15, -0.1) is 0 Å². The van der Waals surface area contributed by atoms with E-state index < -0.39 is 76.4 Å². The third kappa shape index (κ3) is 6.61. The monoisotopic (exact) mass is 701 g/mol. The first-order valence-corrected chi connectivity index (χ1v) is 13.5. The Morgan fingerprint density at radius 3 is 1.93 bits per heavy atom. The number of Topliss-reactive ketones (excluding diaryl/α,β-unsaturated/α-hetero) is 1. The number of amides is 1. The molecular formula is C29H19BrF11NO2. The molecule has 0 spiro atoms. The third-order valence-corrected chi connectivity index (χ3v) is 7.52. The van der Waals surface area contributed by atoms with Gasteiger partial charge in [-0.3, -0.25) is 9.59 Å². The summed E-state index contributed by atoms with van der Waals surface area (Å²) in [7, 11) is 0. The molecule has 0 bridgehead atoms. The number of carbonyl (C=O) groups excluding carboxylic acids is 2. The van der Waals surface area contributed by atoms with Gasteiger partial charge in [0, 0.05) is 28.6 Å². The summed E-state index contributed by atoms with van der Waals surface area (Å²) < 4.78 is 151. The molecule has 4 rings (SSSR count). The van der Waals surface area contributed by atoms with E-state index in [1.807, 2.05) is 0 Å². The van der Waals surface area contributed by atoms with Crippen LogP contribution in [-0.4, -0.2) is 30.6 Å². The Morgan fingerprint density at radius 1 is 0.818 bits per heavy atom. The van der Waals surface area contributed by atoms with Crippen LogP contribution in [0.3, 0.4) is 0 Å². The van der Waals surface area contributed by atoms with Crippen molar-refractivity contribution < 1.29 is 57.9 Å². The molecule has 0 N–H and O–H groups in total. The summed E-state index contributed by atoms with van der Waals surface area (Å²) in [4.78, 5) is 27.4. The smallest absolute Gasteiger partial charge is 0.305 e. The highest BCUT2D eigenvalue weighted by molar-refractivity contribution is 9.10. The zero-order chi connectivity index (χ0) is 32.8. The Hall–Kier alpha value is -3.49. The summed E-state index contributed by atoms with van der Waals surface area (Å²) in [5.41, 5.74) is -12.8. The van der Waals surface area contributed by atoms with E-state index in [4.69, 9.17) is 0 Å². The van der Waals surface area contributed by atoms with Crippen LogP contribution < -0.4 is 4.90 Å². The van der Waals surface area contributed by atoms with E-state index in [1.165, 1.54) is 18.2 Å². The van der Waals surface area contributed by atoms with E-state index in [1.54, 1.807) is 12.1 Å². The van der Waals surface area contributed by atoms with Gasteiger partial charge < -0.3 is 4.90 Å². The van der Waals surface area contributed by atoms with Gasteiger partial charge in [0.25, 0.3) is 5.91 Å². The van der Waals surface area contributed by atoms with Crippen LogP contribution in [0.5, 0.6) is 0 Å². The number of hydrogen-bond acceptors (Lipinski definition) is 2. The second kappa shape index (κ2) is 11.8. The summed E-state index contributed by atoms with van der Waals surface area (Å²) in [6.07, 6.45) is -18.8. The Labute approximate surface area is 250 Å². The zero-order valence-corrected chi connectivity index (χ0v) is 23.6. The molecule has 3 nitrogen and oxygen atoms in total. The van der Waals surface area contributed by atoms with Gasteiger partial charge in [0.1, 0.15) is 0 Å². The van der Waals surface area contributed by atoms with Gasteiger partial charge in [-0.1, -0.05) is 34.1 Å². The number of rotatable bonds is 8. The maximum atomic E-state index is 15.8. The zero-order valence-electron chi connectivity index (χ0n) is 22.0. The average Bonchev–Trinajstić information content (AvgIpc) is 3.74. The molecule has 0 aromatic heterocycles. The quantitative estimate of drug-likeness (QED) is 0.173. The van der Waals surface area contributed by atoms with Crippen LogP contribution in [0.15, 0.2) is 65.1 Å². The van der Waals surface area contributed by atoms with Crippen molar-refractivity contribution in [1.29, 1.82) is 0 Å². The number of nitrogens with zero attached hydrogens (tertiary/aromatic N) is 1. The number of alkyl halides is 10. The Bertz CT molecular complexity index is 1550. The van der Waals surface area contributed by atoms with E-state index in [0.717, 1.165) is 29.9 Å². The van der Waals surface area contributed by atoms with Gasteiger partial charge in [-0.05, 0) is 66.8 Å². The lowest BCUT2D eigenvalue weighted by Gasteiger charge is -2.31. The fourth-order valence-corrected chi connectivity index (χ4v) is 4.77. The van der Waals surface area contributed by atoms with Gasteiger partial charge in [-0.25, -0.2) is 8.78 Å².